The van der Waals surface area contributed by atoms with Crippen LogP contribution >= 0.6 is 0 Å². The molecule has 0 spiro atoms. The fourth-order valence-corrected chi connectivity index (χ4v) is 1.62. The summed E-state index contributed by atoms with van der Waals surface area (Å²) in [6.45, 7) is 7.76. The molecule has 2 atom stereocenters. The van der Waals surface area contributed by atoms with Crippen LogP contribution in [-0.2, 0) is 4.79 Å². The molecule has 0 aromatic carbocycles. The molecule has 0 aliphatic carbocycles. The van der Waals surface area contributed by atoms with Gasteiger partial charge in [-0.05, 0) is 19.3 Å². The van der Waals surface area contributed by atoms with Gasteiger partial charge in [0.2, 0.25) is 0 Å². The molecule has 2 nitrogen and oxygen atoms in total. The van der Waals surface area contributed by atoms with Gasteiger partial charge in [-0.2, -0.15) is 0 Å². The zero-order valence-electron chi connectivity index (χ0n) is 10.7. The molecule has 0 fully saturated rings. The highest BCUT2D eigenvalue weighted by Crippen LogP contribution is 2.22. The molecule has 0 saturated carbocycles. The van der Waals surface area contributed by atoms with Gasteiger partial charge in [0.05, 0.1) is 0 Å². The monoisotopic (exact) mass is 214 g/mol. The van der Waals surface area contributed by atoms with Crippen LogP contribution in [-0.4, -0.2) is 16.5 Å². The first-order valence-corrected chi connectivity index (χ1v) is 6.23. The van der Waals surface area contributed by atoms with Crippen molar-refractivity contribution in [2.24, 2.45) is 5.92 Å². The lowest BCUT2D eigenvalue weighted by atomic mass is 9.87. The maximum Gasteiger partial charge on any atom is 0.164 e. The molecule has 2 heteroatoms. The molecule has 0 aromatic rings. The third kappa shape index (κ3) is 5.31. The Labute approximate surface area is 94.1 Å². The predicted molar refractivity (Wildman–Crippen MR) is 63.8 cm³/mol. The van der Waals surface area contributed by atoms with Gasteiger partial charge in [0.1, 0.15) is 5.60 Å². The molecular weight excluding hydrogens is 188 g/mol. The minimum Gasteiger partial charge on any atom is -0.382 e. The van der Waals surface area contributed by atoms with Crippen LogP contribution in [0.1, 0.15) is 66.2 Å². The second-order valence-corrected chi connectivity index (χ2v) is 4.67. The Morgan fingerprint density at radius 3 is 2.33 bits per heavy atom. The second kappa shape index (κ2) is 7.00. The average Bonchev–Trinajstić information content (AvgIpc) is 2.23. The van der Waals surface area contributed by atoms with Crippen LogP contribution in [0.4, 0.5) is 0 Å². The number of carbonyl (C=O) groups excluding carboxylic acids is 1. The summed E-state index contributed by atoms with van der Waals surface area (Å²) in [7, 11) is 0. The third-order valence-corrected chi connectivity index (χ3v) is 3.31. The smallest absolute Gasteiger partial charge is 0.164 e. The van der Waals surface area contributed by atoms with Crippen molar-refractivity contribution in [3.63, 3.8) is 0 Å². The standard InChI is InChI=1S/C13H26O2/c1-5-8-9-11(6-2)10-12(14)13(4,15)7-3/h11,15H,5-10H2,1-4H3. The first-order valence-electron chi connectivity index (χ1n) is 6.23. The van der Waals surface area contributed by atoms with E-state index in [2.05, 4.69) is 13.8 Å². The zero-order valence-corrected chi connectivity index (χ0v) is 10.7. The van der Waals surface area contributed by atoms with Crippen LogP contribution in [0, 0.1) is 5.92 Å². The Morgan fingerprint density at radius 2 is 1.93 bits per heavy atom. The van der Waals surface area contributed by atoms with E-state index in [1.807, 2.05) is 6.92 Å². The van der Waals surface area contributed by atoms with Crippen LogP contribution in [0.15, 0.2) is 0 Å². The van der Waals surface area contributed by atoms with Crippen molar-refractivity contribution in [3.05, 3.63) is 0 Å². The van der Waals surface area contributed by atoms with Gasteiger partial charge in [0.15, 0.2) is 5.78 Å². The highest BCUT2D eigenvalue weighted by Gasteiger charge is 2.28. The van der Waals surface area contributed by atoms with Crippen LogP contribution in [0.2, 0.25) is 0 Å². The van der Waals surface area contributed by atoms with Crippen molar-refractivity contribution in [3.8, 4) is 0 Å². The lowest BCUT2D eigenvalue weighted by molar-refractivity contribution is -0.137. The number of hydrogen-bond donors (Lipinski definition) is 1. The molecular formula is C13H26O2. The van der Waals surface area contributed by atoms with Crippen molar-refractivity contribution in [2.75, 3.05) is 0 Å². The molecule has 0 saturated heterocycles. The summed E-state index contributed by atoms with van der Waals surface area (Å²) in [5.41, 5.74) is -1.11. The molecule has 0 amide bonds. The molecule has 0 radical (unpaired) electrons. The molecule has 0 heterocycles. The molecule has 0 aliphatic rings. The summed E-state index contributed by atoms with van der Waals surface area (Å²) in [4.78, 5) is 11.8. The van der Waals surface area contributed by atoms with Gasteiger partial charge >= 0.3 is 0 Å². The van der Waals surface area contributed by atoms with Crippen LogP contribution < -0.4 is 0 Å². The van der Waals surface area contributed by atoms with Gasteiger partial charge in [-0.1, -0.05) is 46.5 Å². The Morgan fingerprint density at radius 1 is 1.33 bits per heavy atom. The maximum absolute atomic E-state index is 11.8. The largest absolute Gasteiger partial charge is 0.382 e. The normalized spacial score (nSPS) is 17.1. The number of carbonyl (C=O) groups is 1. The van der Waals surface area contributed by atoms with Gasteiger partial charge < -0.3 is 5.11 Å². The summed E-state index contributed by atoms with van der Waals surface area (Å²) >= 11 is 0. The van der Waals surface area contributed by atoms with Crippen molar-refractivity contribution in [1.82, 2.24) is 0 Å². The number of rotatable bonds is 8. The van der Waals surface area contributed by atoms with E-state index >= 15 is 0 Å². The molecule has 90 valence electrons. The molecule has 0 aromatic heterocycles. The summed E-state index contributed by atoms with van der Waals surface area (Å²) in [5, 5.41) is 9.81. The van der Waals surface area contributed by atoms with E-state index in [9.17, 15) is 9.90 Å². The topological polar surface area (TPSA) is 37.3 Å². The lowest BCUT2D eigenvalue weighted by Crippen LogP contribution is -2.35. The average molecular weight is 214 g/mol. The number of unbranched alkanes of at least 4 members (excludes halogenated alkanes) is 1. The Bertz CT molecular complexity index is 185. The van der Waals surface area contributed by atoms with E-state index in [1.165, 1.54) is 12.8 Å². The maximum atomic E-state index is 11.8. The van der Waals surface area contributed by atoms with E-state index in [0.29, 0.717) is 18.8 Å². The third-order valence-electron chi connectivity index (χ3n) is 3.31. The first-order chi connectivity index (χ1) is 6.97. The number of hydrogen-bond acceptors (Lipinski definition) is 2. The summed E-state index contributed by atoms with van der Waals surface area (Å²) in [5.74, 6) is 0.462. The van der Waals surface area contributed by atoms with E-state index in [4.69, 9.17) is 0 Å². The van der Waals surface area contributed by atoms with Crippen molar-refractivity contribution in [1.29, 1.82) is 0 Å². The number of Topliss-reactive ketones (excluding diaryl/α,β-unsaturated/α-hetero) is 1. The van der Waals surface area contributed by atoms with Gasteiger partial charge in [-0.25, -0.2) is 0 Å². The van der Waals surface area contributed by atoms with Gasteiger partial charge in [0.25, 0.3) is 0 Å². The summed E-state index contributed by atoms with van der Waals surface area (Å²) in [6, 6.07) is 0. The Balaban J connectivity index is 4.12. The van der Waals surface area contributed by atoms with Gasteiger partial charge in [-0.3, -0.25) is 4.79 Å². The van der Waals surface area contributed by atoms with E-state index in [-0.39, 0.29) is 5.78 Å². The minimum absolute atomic E-state index is 0.00736. The van der Waals surface area contributed by atoms with Crippen LogP contribution in [0.3, 0.4) is 0 Å². The number of aliphatic hydroxyl groups is 1. The molecule has 0 bridgehead atoms. The fraction of sp³-hybridized carbons (Fsp3) is 0.923. The van der Waals surface area contributed by atoms with E-state index in [1.54, 1.807) is 6.92 Å². The molecule has 0 aliphatic heterocycles. The minimum atomic E-state index is -1.11. The highest BCUT2D eigenvalue weighted by atomic mass is 16.3. The van der Waals surface area contributed by atoms with Gasteiger partial charge in [-0.15, -0.1) is 0 Å². The zero-order chi connectivity index (χ0) is 11.9. The van der Waals surface area contributed by atoms with Crippen molar-refractivity contribution >= 4 is 5.78 Å². The molecule has 2 unspecified atom stereocenters. The molecule has 0 rings (SSSR count). The van der Waals surface area contributed by atoms with Gasteiger partial charge in [0, 0.05) is 6.42 Å². The SMILES string of the molecule is CCCCC(CC)CC(=O)C(C)(O)CC. The molecule has 1 N–H and O–H groups in total. The van der Waals surface area contributed by atoms with Crippen molar-refractivity contribution in [2.45, 2.75) is 71.8 Å². The van der Waals surface area contributed by atoms with Crippen LogP contribution in [0.25, 0.3) is 0 Å². The Kier molecular flexibility index (Phi) is 6.82. The van der Waals surface area contributed by atoms with E-state index in [0.717, 1.165) is 12.8 Å². The molecule has 15 heavy (non-hydrogen) atoms. The summed E-state index contributed by atoms with van der Waals surface area (Å²) < 4.78 is 0. The Hall–Kier alpha value is -0.370. The van der Waals surface area contributed by atoms with Crippen LogP contribution in [0.5, 0.6) is 0 Å². The summed E-state index contributed by atoms with van der Waals surface area (Å²) in [6.07, 6.45) is 5.55. The lowest BCUT2D eigenvalue weighted by Gasteiger charge is -2.22. The highest BCUT2D eigenvalue weighted by molar-refractivity contribution is 5.86. The first kappa shape index (κ1) is 14.6. The second-order valence-electron chi connectivity index (χ2n) is 4.67. The predicted octanol–water partition coefficient (Wildman–Crippen LogP) is 3.32. The fourth-order valence-electron chi connectivity index (χ4n) is 1.62. The van der Waals surface area contributed by atoms with Crippen molar-refractivity contribution < 1.29 is 9.90 Å². The number of ketones is 1. The van der Waals surface area contributed by atoms with E-state index < -0.39 is 5.60 Å². The quantitative estimate of drug-likeness (QED) is 0.673.